The van der Waals surface area contributed by atoms with Gasteiger partial charge in [-0.25, -0.2) is 0 Å². The standard InChI is InChI=1S/C13H17BN3O4/c18-8-10-6-9(3-4-15-10)13(20)16-7-12(19)17-5-1-2-11(17)14-21/h3-4,6,11,18,21H,1-2,5,7-8H2,(H,16,20)/t11-/m0/s1. The Morgan fingerprint density at radius 2 is 2.33 bits per heavy atom. The van der Waals surface area contributed by atoms with Crippen LogP contribution >= 0.6 is 0 Å². The number of carbonyl (C=O) groups is 2. The molecular weight excluding hydrogens is 273 g/mol. The summed E-state index contributed by atoms with van der Waals surface area (Å²) in [5, 5.41) is 20.6. The molecule has 3 N–H and O–H groups in total. The zero-order valence-corrected chi connectivity index (χ0v) is 11.5. The SMILES string of the molecule is O=C(NCC(=O)N1CCC[C@H]1[B]O)c1ccnc(CO)c1. The smallest absolute Gasteiger partial charge is 0.312 e. The summed E-state index contributed by atoms with van der Waals surface area (Å²) in [4.78, 5) is 29.4. The largest absolute Gasteiger partial charge is 0.452 e. The molecule has 21 heavy (non-hydrogen) atoms. The molecule has 1 radical (unpaired) electrons. The second-order valence-electron chi connectivity index (χ2n) is 4.82. The van der Waals surface area contributed by atoms with Crippen molar-refractivity contribution >= 4 is 19.3 Å². The van der Waals surface area contributed by atoms with Gasteiger partial charge in [0.2, 0.25) is 5.91 Å². The molecule has 2 heterocycles. The monoisotopic (exact) mass is 290 g/mol. The number of hydrogen-bond acceptors (Lipinski definition) is 5. The van der Waals surface area contributed by atoms with Gasteiger partial charge < -0.3 is 20.3 Å². The topological polar surface area (TPSA) is 103 Å². The molecule has 0 saturated carbocycles. The van der Waals surface area contributed by atoms with Crippen LogP contribution in [0.2, 0.25) is 0 Å². The summed E-state index contributed by atoms with van der Waals surface area (Å²) in [6, 6.07) is 2.99. The molecule has 1 fully saturated rings. The molecule has 2 rings (SSSR count). The lowest BCUT2D eigenvalue weighted by atomic mass is 9.86. The number of pyridine rings is 1. The van der Waals surface area contributed by atoms with Crippen molar-refractivity contribution in [3.63, 3.8) is 0 Å². The fourth-order valence-corrected chi connectivity index (χ4v) is 2.32. The Morgan fingerprint density at radius 3 is 3.05 bits per heavy atom. The summed E-state index contributed by atoms with van der Waals surface area (Å²) >= 11 is 0. The third kappa shape index (κ3) is 3.80. The van der Waals surface area contributed by atoms with Gasteiger partial charge >= 0.3 is 7.48 Å². The first-order chi connectivity index (χ1) is 10.2. The van der Waals surface area contributed by atoms with Crippen LogP contribution in [0.1, 0.15) is 28.9 Å². The van der Waals surface area contributed by atoms with Gasteiger partial charge in [0.05, 0.1) is 18.8 Å². The third-order valence-corrected chi connectivity index (χ3v) is 3.43. The fourth-order valence-electron chi connectivity index (χ4n) is 2.32. The second-order valence-corrected chi connectivity index (χ2v) is 4.82. The van der Waals surface area contributed by atoms with Crippen LogP contribution in [0.15, 0.2) is 18.3 Å². The Morgan fingerprint density at radius 1 is 1.52 bits per heavy atom. The van der Waals surface area contributed by atoms with Crippen LogP contribution in [0.5, 0.6) is 0 Å². The molecule has 1 atom stereocenters. The second kappa shape index (κ2) is 7.19. The highest BCUT2D eigenvalue weighted by Crippen LogP contribution is 2.15. The molecule has 2 amide bonds. The highest BCUT2D eigenvalue weighted by molar-refractivity contribution is 6.28. The van der Waals surface area contributed by atoms with Crippen LogP contribution in [0.25, 0.3) is 0 Å². The maximum Gasteiger partial charge on any atom is 0.312 e. The Labute approximate surface area is 123 Å². The van der Waals surface area contributed by atoms with Crippen molar-refractivity contribution in [2.45, 2.75) is 25.4 Å². The van der Waals surface area contributed by atoms with Crippen LogP contribution in [-0.2, 0) is 11.4 Å². The highest BCUT2D eigenvalue weighted by Gasteiger charge is 2.28. The Bertz CT molecular complexity index is 526. The maximum atomic E-state index is 12.0. The zero-order valence-electron chi connectivity index (χ0n) is 11.5. The minimum atomic E-state index is -0.399. The number of aliphatic hydroxyl groups excluding tert-OH is 1. The van der Waals surface area contributed by atoms with Gasteiger partial charge in [-0.2, -0.15) is 0 Å². The number of nitrogens with zero attached hydrogens (tertiary/aromatic N) is 2. The fraction of sp³-hybridized carbons (Fsp3) is 0.462. The molecule has 1 aromatic heterocycles. The molecular formula is C13H17BN3O4. The lowest BCUT2D eigenvalue weighted by Gasteiger charge is -2.22. The molecule has 1 aromatic rings. The molecule has 0 aliphatic carbocycles. The highest BCUT2D eigenvalue weighted by atomic mass is 16.3. The van der Waals surface area contributed by atoms with Gasteiger partial charge in [0.25, 0.3) is 5.91 Å². The molecule has 111 valence electrons. The number of aromatic nitrogens is 1. The van der Waals surface area contributed by atoms with Gasteiger partial charge in [0.15, 0.2) is 0 Å². The average molecular weight is 290 g/mol. The van der Waals surface area contributed by atoms with Crippen LogP contribution in [-0.4, -0.2) is 58.3 Å². The van der Waals surface area contributed by atoms with Crippen molar-refractivity contribution in [2.75, 3.05) is 13.1 Å². The number of carbonyl (C=O) groups excluding carboxylic acids is 2. The first-order valence-corrected chi connectivity index (χ1v) is 6.76. The quantitative estimate of drug-likeness (QED) is 0.595. The first-order valence-electron chi connectivity index (χ1n) is 6.76. The Hall–Kier alpha value is -1.93. The van der Waals surface area contributed by atoms with Crippen molar-refractivity contribution in [2.24, 2.45) is 0 Å². The Kier molecular flexibility index (Phi) is 5.29. The van der Waals surface area contributed by atoms with Crippen molar-refractivity contribution in [3.05, 3.63) is 29.6 Å². The number of hydrogen-bond donors (Lipinski definition) is 3. The summed E-state index contributed by atoms with van der Waals surface area (Å²) in [7, 11) is 1.02. The summed E-state index contributed by atoms with van der Waals surface area (Å²) in [5.41, 5.74) is 0.733. The van der Waals surface area contributed by atoms with Gasteiger partial charge in [0, 0.05) is 24.2 Å². The minimum absolute atomic E-state index is 0.125. The normalized spacial score (nSPS) is 17.6. The van der Waals surface area contributed by atoms with E-state index in [2.05, 4.69) is 10.3 Å². The van der Waals surface area contributed by atoms with E-state index >= 15 is 0 Å². The van der Waals surface area contributed by atoms with Gasteiger partial charge in [-0.3, -0.25) is 14.6 Å². The summed E-state index contributed by atoms with van der Waals surface area (Å²) in [5.74, 6) is -0.895. The minimum Gasteiger partial charge on any atom is -0.452 e. The Balaban J connectivity index is 1.90. The summed E-state index contributed by atoms with van der Waals surface area (Å²) in [6.07, 6.45) is 3.01. The lowest BCUT2D eigenvalue weighted by Crippen LogP contribution is -2.44. The maximum absolute atomic E-state index is 12.0. The zero-order chi connectivity index (χ0) is 15.2. The summed E-state index contributed by atoms with van der Waals surface area (Å²) in [6.45, 7) is 0.210. The average Bonchev–Trinajstić information content (AvgIpc) is 3.01. The number of likely N-dealkylation sites (tertiary alicyclic amines) is 1. The van der Waals surface area contributed by atoms with Gasteiger partial charge in [-0.05, 0) is 25.0 Å². The van der Waals surface area contributed by atoms with Crippen molar-refractivity contribution in [1.82, 2.24) is 15.2 Å². The van der Waals surface area contributed by atoms with E-state index in [9.17, 15) is 9.59 Å². The van der Waals surface area contributed by atoms with E-state index in [1.807, 2.05) is 0 Å². The van der Waals surface area contributed by atoms with Gasteiger partial charge in [-0.15, -0.1) is 0 Å². The van der Waals surface area contributed by atoms with Crippen LogP contribution in [0.4, 0.5) is 0 Å². The molecule has 7 nitrogen and oxygen atoms in total. The molecule has 1 aliphatic heterocycles. The number of nitrogens with one attached hydrogen (secondary N) is 1. The summed E-state index contributed by atoms with van der Waals surface area (Å²) < 4.78 is 0. The van der Waals surface area contributed by atoms with Crippen LogP contribution < -0.4 is 5.32 Å². The van der Waals surface area contributed by atoms with E-state index in [-0.39, 0.29) is 25.0 Å². The predicted molar refractivity (Wildman–Crippen MR) is 75.2 cm³/mol. The van der Waals surface area contributed by atoms with Crippen LogP contribution in [0, 0.1) is 0 Å². The molecule has 0 unspecified atom stereocenters. The molecule has 0 bridgehead atoms. The van der Waals surface area contributed by atoms with E-state index in [4.69, 9.17) is 10.1 Å². The van der Waals surface area contributed by atoms with Crippen LogP contribution in [0.3, 0.4) is 0 Å². The van der Waals surface area contributed by atoms with E-state index < -0.39 is 5.91 Å². The number of aliphatic hydroxyl groups is 1. The predicted octanol–water partition coefficient (Wildman–Crippen LogP) is -1.14. The van der Waals surface area contributed by atoms with E-state index in [0.717, 1.165) is 20.3 Å². The molecule has 0 aromatic carbocycles. The number of rotatable bonds is 5. The van der Waals surface area contributed by atoms with E-state index in [1.54, 1.807) is 4.90 Å². The van der Waals surface area contributed by atoms with Crippen molar-refractivity contribution in [1.29, 1.82) is 0 Å². The molecule has 8 heteroatoms. The number of amides is 2. The first kappa shape index (κ1) is 15.5. The third-order valence-electron chi connectivity index (χ3n) is 3.43. The lowest BCUT2D eigenvalue weighted by molar-refractivity contribution is -0.129. The molecule has 1 aliphatic rings. The van der Waals surface area contributed by atoms with Gasteiger partial charge in [0.1, 0.15) is 0 Å². The van der Waals surface area contributed by atoms with Crippen molar-refractivity contribution < 1.29 is 19.7 Å². The van der Waals surface area contributed by atoms with E-state index in [0.29, 0.717) is 17.8 Å². The van der Waals surface area contributed by atoms with E-state index in [1.165, 1.54) is 18.3 Å². The van der Waals surface area contributed by atoms with Gasteiger partial charge in [-0.1, -0.05) is 0 Å². The molecule has 0 spiro atoms. The van der Waals surface area contributed by atoms with Crippen molar-refractivity contribution in [3.8, 4) is 0 Å². The molecule has 1 saturated heterocycles.